The van der Waals surface area contributed by atoms with Gasteiger partial charge in [0, 0.05) is 0 Å². The average Bonchev–Trinajstić information content (AvgIpc) is 2.42. The lowest BCUT2D eigenvalue weighted by Gasteiger charge is -2.21. The molecule has 1 radical (unpaired) electrons. The second kappa shape index (κ2) is 2.66. The van der Waals surface area contributed by atoms with Crippen LogP contribution in [0.1, 0.15) is 13.8 Å². The Morgan fingerprint density at radius 1 is 1.15 bits per heavy atom. The van der Waals surface area contributed by atoms with Gasteiger partial charge in [0.1, 0.15) is 0 Å². The van der Waals surface area contributed by atoms with Crippen molar-refractivity contribution in [1.29, 1.82) is 0 Å². The summed E-state index contributed by atoms with van der Waals surface area (Å²) in [6.07, 6.45) is 0. The molecule has 1 aromatic rings. The Hall–Kier alpha value is -1.18. The predicted molar refractivity (Wildman–Crippen MR) is 51.7 cm³/mol. The summed E-state index contributed by atoms with van der Waals surface area (Å²) >= 11 is 0. The molecule has 2 nitrogen and oxygen atoms in total. The average molecular weight is 173 g/mol. The smallest absolute Gasteiger partial charge is 0.154 e. The first-order valence-electron chi connectivity index (χ1n) is 4.52. The van der Waals surface area contributed by atoms with E-state index < -0.39 is 5.66 Å². The third-order valence-corrected chi connectivity index (χ3v) is 2.43. The molecule has 2 rings (SSSR count). The van der Waals surface area contributed by atoms with Crippen LogP contribution in [0.15, 0.2) is 34.3 Å². The number of hydrogen-bond donors (Lipinski definition) is 0. The standard InChI is InChI=1S/C11H13N2/c1-8(2)11(3)12-9-6-4-5-7-10(9)13-11/h4-8H,3H2,1-2H3. The monoisotopic (exact) mass is 173 g/mol. The van der Waals surface area contributed by atoms with Crippen molar-refractivity contribution in [2.75, 3.05) is 0 Å². The SMILES string of the molecule is [CH2]C1(C(C)C)N=c2ccccc2=N1. The Bertz CT molecular complexity index is 397. The highest BCUT2D eigenvalue weighted by molar-refractivity contribution is 5.09. The minimum absolute atomic E-state index is 0.333. The van der Waals surface area contributed by atoms with Crippen molar-refractivity contribution in [3.8, 4) is 0 Å². The van der Waals surface area contributed by atoms with Crippen LogP contribution in [0, 0.1) is 12.8 Å². The molecule has 1 aliphatic heterocycles. The van der Waals surface area contributed by atoms with Gasteiger partial charge in [0.05, 0.1) is 10.7 Å². The molecule has 0 aromatic heterocycles. The normalized spacial score (nSPS) is 17.8. The van der Waals surface area contributed by atoms with Gasteiger partial charge in [-0.3, -0.25) is 9.98 Å². The minimum atomic E-state index is -0.496. The second-order valence-corrected chi connectivity index (χ2v) is 3.75. The van der Waals surface area contributed by atoms with Crippen molar-refractivity contribution in [3.63, 3.8) is 0 Å². The van der Waals surface area contributed by atoms with Crippen molar-refractivity contribution in [2.45, 2.75) is 19.5 Å². The van der Waals surface area contributed by atoms with Crippen molar-refractivity contribution in [3.05, 3.63) is 41.9 Å². The van der Waals surface area contributed by atoms with Crippen LogP contribution in [0.3, 0.4) is 0 Å². The Balaban J connectivity index is 2.63. The molecule has 2 heteroatoms. The molecular formula is C11H13N2. The van der Waals surface area contributed by atoms with Gasteiger partial charge in [-0.15, -0.1) is 0 Å². The first-order chi connectivity index (χ1) is 6.12. The van der Waals surface area contributed by atoms with Crippen LogP contribution < -0.4 is 10.7 Å². The summed E-state index contributed by atoms with van der Waals surface area (Å²) in [4.78, 5) is 9.01. The number of para-hydroxylation sites is 2. The zero-order chi connectivity index (χ0) is 9.47. The molecule has 67 valence electrons. The highest BCUT2D eigenvalue weighted by Crippen LogP contribution is 2.22. The molecule has 13 heavy (non-hydrogen) atoms. The van der Waals surface area contributed by atoms with Gasteiger partial charge in [0.25, 0.3) is 0 Å². The zero-order valence-corrected chi connectivity index (χ0v) is 7.99. The van der Waals surface area contributed by atoms with E-state index in [0.29, 0.717) is 5.92 Å². The molecule has 0 bridgehead atoms. The van der Waals surface area contributed by atoms with Gasteiger partial charge in [-0.05, 0) is 25.0 Å². The van der Waals surface area contributed by atoms with Gasteiger partial charge in [-0.2, -0.15) is 0 Å². The highest BCUT2D eigenvalue weighted by Gasteiger charge is 2.28. The van der Waals surface area contributed by atoms with Crippen molar-refractivity contribution < 1.29 is 0 Å². The molecule has 0 amide bonds. The van der Waals surface area contributed by atoms with Crippen molar-refractivity contribution >= 4 is 0 Å². The summed E-state index contributed by atoms with van der Waals surface area (Å²) in [5, 5.41) is 1.93. The van der Waals surface area contributed by atoms with E-state index in [-0.39, 0.29) is 0 Å². The van der Waals surface area contributed by atoms with Crippen LogP contribution in [0.25, 0.3) is 0 Å². The maximum atomic E-state index is 4.51. The lowest BCUT2D eigenvalue weighted by atomic mass is 10.0. The van der Waals surface area contributed by atoms with Gasteiger partial charge in [0.2, 0.25) is 0 Å². The Morgan fingerprint density at radius 2 is 1.62 bits per heavy atom. The van der Waals surface area contributed by atoms with Crippen molar-refractivity contribution in [2.24, 2.45) is 15.9 Å². The number of nitrogens with zero attached hydrogens (tertiary/aromatic N) is 2. The Kier molecular flexibility index (Phi) is 1.72. The quantitative estimate of drug-likeness (QED) is 0.608. The van der Waals surface area contributed by atoms with E-state index in [0.717, 1.165) is 10.7 Å². The molecule has 0 saturated carbocycles. The molecular weight excluding hydrogens is 160 g/mol. The van der Waals surface area contributed by atoms with Gasteiger partial charge < -0.3 is 0 Å². The predicted octanol–water partition coefficient (Wildman–Crippen LogP) is 1.13. The van der Waals surface area contributed by atoms with Crippen LogP contribution in [0.5, 0.6) is 0 Å². The maximum absolute atomic E-state index is 4.51. The molecule has 0 N–H and O–H groups in total. The summed E-state index contributed by atoms with van der Waals surface area (Å²) in [5.74, 6) is 0.333. The summed E-state index contributed by atoms with van der Waals surface area (Å²) < 4.78 is 0. The van der Waals surface area contributed by atoms with E-state index in [1.165, 1.54) is 0 Å². The van der Waals surface area contributed by atoms with Crippen LogP contribution in [-0.2, 0) is 0 Å². The van der Waals surface area contributed by atoms with E-state index in [2.05, 4.69) is 30.8 Å². The summed E-state index contributed by atoms with van der Waals surface area (Å²) in [5.41, 5.74) is -0.496. The first-order valence-corrected chi connectivity index (χ1v) is 4.52. The third kappa shape index (κ3) is 1.26. The van der Waals surface area contributed by atoms with Crippen LogP contribution >= 0.6 is 0 Å². The van der Waals surface area contributed by atoms with Crippen molar-refractivity contribution in [1.82, 2.24) is 0 Å². The summed E-state index contributed by atoms with van der Waals surface area (Å²) in [6.45, 7) is 8.23. The van der Waals surface area contributed by atoms with E-state index in [9.17, 15) is 0 Å². The summed E-state index contributed by atoms with van der Waals surface area (Å²) in [7, 11) is 0. The Labute approximate surface area is 78.0 Å². The lowest BCUT2D eigenvalue weighted by Crippen LogP contribution is -2.25. The first kappa shape index (κ1) is 8.42. The van der Waals surface area contributed by atoms with E-state index in [4.69, 9.17) is 0 Å². The summed E-state index contributed by atoms with van der Waals surface area (Å²) in [6, 6.07) is 7.91. The molecule has 0 atom stereocenters. The minimum Gasteiger partial charge on any atom is -0.253 e. The molecule has 1 heterocycles. The molecule has 1 aromatic carbocycles. The van der Waals surface area contributed by atoms with E-state index in [1.54, 1.807) is 0 Å². The van der Waals surface area contributed by atoms with Crippen LogP contribution in [-0.4, -0.2) is 5.66 Å². The van der Waals surface area contributed by atoms with Gasteiger partial charge >= 0.3 is 0 Å². The number of benzene rings is 1. The third-order valence-electron chi connectivity index (χ3n) is 2.43. The number of fused-ring (bicyclic) bond motifs is 1. The fourth-order valence-corrected chi connectivity index (χ4v) is 1.35. The topological polar surface area (TPSA) is 24.7 Å². The number of rotatable bonds is 1. The van der Waals surface area contributed by atoms with Crippen LogP contribution in [0.4, 0.5) is 0 Å². The molecule has 1 aliphatic rings. The molecule has 0 unspecified atom stereocenters. The zero-order valence-electron chi connectivity index (χ0n) is 7.99. The fraction of sp³-hybridized carbons (Fsp3) is 0.364. The van der Waals surface area contributed by atoms with Gasteiger partial charge in [-0.25, -0.2) is 0 Å². The largest absolute Gasteiger partial charge is 0.253 e. The molecule has 0 fully saturated rings. The van der Waals surface area contributed by atoms with E-state index in [1.807, 2.05) is 24.3 Å². The fourth-order valence-electron chi connectivity index (χ4n) is 1.35. The number of hydrogen-bond acceptors (Lipinski definition) is 2. The second-order valence-electron chi connectivity index (χ2n) is 3.75. The molecule has 0 spiro atoms. The van der Waals surface area contributed by atoms with E-state index >= 15 is 0 Å². The lowest BCUT2D eigenvalue weighted by molar-refractivity contribution is 0.398. The Morgan fingerprint density at radius 3 is 2.00 bits per heavy atom. The molecule has 0 aliphatic carbocycles. The highest BCUT2D eigenvalue weighted by atomic mass is 15.1. The van der Waals surface area contributed by atoms with Gasteiger partial charge in [-0.1, -0.05) is 26.0 Å². The van der Waals surface area contributed by atoms with Crippen LogP contribution in [0.2, 0.25) is 0 Å². The molecule has 0 saturated heterocycles. The van der Waals surface area contributed by atoms with Gasteiger partial charge in [0.15, 0.2) is 5.66 Å². The maximum Gasteiger partial charge on any atom is 0.154 e.